The zero-order chi connectivity index (χ0) is 20.4. The van der Waals surface area contributed by atoms with Crippen LogP contribution in [0.3, 0.4) is 0 Å². The maximum absolute atomic E-state index is 14.1. The summed E-state index contributed by atoms with van der Waals surface area (Å²) < 4.78 is 24.3. The summed E-state index contributed by atoms with van der Waals surface area (Å²) in [5.74, 6) is -1.07. The molecule has 0 saturated heterocycles. The van der Waals surface area contributed by atoms with Crippen LogP contribution in [0.5, 0.6) is 11.5 Å². The number of ether oxygens (including phenoxy) is 2. The van der Waals surface area contributed by atoms with E-state index in [2.05, 4.69) is 5.32 Å². The third-order valence-corrected chi connectivity index (χ3v) is 4.82. The Labute approximate surface area is 163 Å². The van der Waals surface area contributed by atoms with E-state index in [1.54, 1.807) is 17.0 Å². The summed E-state index contributed by atoms with van der Waals surface area (Å²) in [7, 11) is 2.77. The van der Waals surface area contributed by atoms with Gasteiger partial charge in [-0.05, 0) is 17.5 Å². The number of nitrogens with one attached hydrogen (secondary N) is 1. The summed E-state index contributed by atoms with van der Waals surface area (Å²) in [4.78, 5) is 27.4. The van der Waals surface area contributed by atoms with E-state index in [0.29, 0.717) is 12.1 Å². The van der Waals surface area contributed by atoms with E-state index in [-0.39, 0.29) is 29.0 Å². The minimum absolute atomic E-state index is 0.0143. The van der Waals surface area contributed by atoms with Crippen molar-refractivity contribution in [3.05, 3.63) is 53.3 Å². The molecule has 28 heavy (non-hydrogen) atoms. The number of carbonyl (C=O) groups is 2. The van der Waals surface area contributed by atoms with E-state index in [1.165, 1.54) is 20.3 Å². The first-order valence-corrected chi connectivity index (χ1v) is 8.98. The number of anilines is 1. The number of rotatable bonds is 6. The van der Waals surface area contributed by atoms with Gasteiger partial charge in [0.1, 0.15) is 11.8 Å². The van der Waals surface area contributed by atoms with Crippen LogP contribution in [0.15, 0.2) is 36.4 Å². The van der Waals surface area contributed by atoms with Crippen molar-refractivity contribution in [3.8, 4) is 11.5 Å². The summed E-state index contributed by atoms with van der Waals surface area (Å²) in [6.45, 7) is 4.10. The predicted molar refractivity (Wildman–Crippen MR) is 103 cm³/mol. The summed E-state index contributed by atoms with van der Waals surface area (Å²) in [5, 5.41) is 2.71. The molecule has 3 rings (SSSR count). The molecule has 1 N–H and O–H groups in total. The van der Waals surface area contributed by atoms with Gasteiger partial charge >= 0.3 is 0 Å². The molecule has 6 nitrogen and oxygen atoms in total. The normalized spacial score (nSPS) is 14.1. The fourth-order valence-electron chi connectivity index (χ4n) is 3.47. The van der Waals surface area contributed by atoms with Gasteiger partial charge in [0, 0.05) is 24.2 Å². The largest absolute Gasteiger partial charge is 0.494 e. The SMILES string of the molecule is COc1cc(OC)c(NC(=O)[C@@H](C(C)C)N2Cc3ccccc3C2=O)cc1F. The van der Waals surface area contributed by atoms with Gasteiger partial charge < -0.3 is 19.7 Å². The van der Waals surface area contributed by atoms with Gasteiger partial charge in [0.15, 0.2) is 11.6 Å². The van der Waals surface area contributed by atoms with Crippen molar-refractivity contribution in [1.29, 1.82) is 0 Å². The van der Waals surface area contributed by atoms with Crippen molar-refractivity contribution in [2.24, 2.45) is 5.92 Å². The van der Waals surface area contributed by atoms with Crippen LogP contribution in [-0.2, 0) is 11.3 Å². The lowest BCUT2D eigenvalue weighted by Gasteiger charge is -2.30. The molecule has 148 valence electrons. The Bertz CT molecular complexity index is 913. The van der Waals surface area contributed by atoms with E-state index in [9.17, 15) is 14.0 Å². The lowest BCUT2D eigenvalue weighted by atomic mass is 10.0. The highest BCUT2D eigenvalue weighted by Gasteiger charge is 2.38. The fraction of sp³-hybridized carbons (Fsp3) is 0.333. The van der Waals surface area contributed by atoms with Crippen molar-refractivity contribution >= 4 is 17.5 Å². The minimum Gasteiger partial charge on any atom is -0.494 e. The van der Waals surface area contributed by atoms with Crippen LogP contribution in [0.1, 0.15) is 29.8 Å². The Morgan fingerprint density at radius 2 is 1.82 bits per heavy atom. The van der Waals surface area contributed by atoms with E-state index < -0.39 is 17.8 Å². The molecule has 1 aliphatic rings. The molecule has 0 aromatic heterocycles. The van der Waals surface area contributed by atoms with Gasteiger partial charge in [-0.15, -0.1) is 0 Å². The second kappa shape index (κ2) is 7.88. The van der Waals surface area contributed by atoms with Crippen LogP contribution < -0.4 is 14.8 Å². The maximum Gasteiger partial charge on any atom is 0.255 e. The molecule has 0 fully saturated rings. The zero-order valence-corrected chi connectivity index (χ0v) is 16.3. The number of nitrogens with zero attached hydrogens (tertiary/aromatic N) is 1. The molecule has 1 aliphatic heterocycles. The second-order valence-electron chi connectivity index (χ2n) is 6.96. The number of hydrogen-bond donors (Lipinski definition) is 1. The third-order valence-electron chi connectivity index (χ3n) is 4.82. The van der Waals surface area contributed by atoms with Crippen LogP contribution in [0.2, 0.25) is 0 Å². The number of carbonyl (C=O) groups excluding carboxylic acids is 2. The van der Waals surface area contributed by atoms with Crippen molar-refractivity contribution < 1.29 is 23.5 Å². The number of methoxy groups -OCH3 is 2. The Balaban J connectivity index is 1.88. The highest BCUT2D eigenvalue weighted by molar-refractivity contribution is 6.04. The number of hydrogen-bond acceptors (Lipinski definition) is 4. The van der Waals surface area contributed by atoms with E-state index in [1.807, 2.05) is 26.0 Å². The minimum atomic E-state index is -0.713. The Kier molecular flexibility index (Phi) is 5.53. The predicted octanol–water partition coefficient (Wildman–Crippen LogP) is 3.46. The van der Waals surface area contributed by atoms with Crippen LogP contribution in [0, 0.1) is 11.7 Å². The van der Waals surface area contributed by atoms with E-state index in [4.69, 9.17) is 9.47 Å². The molecule has 1 heterocycles. The summed E-state index contributed by atoms with van der Waals surface area (Å²) in [6, 6.07) is 9.11. The average Bonchev–Trinajstić information content (AvgIpc) is 2.98. The first-order chi connectivity index (χ1) is 13.4. The van der Waals surface area contributed by atoms with Crippen LogP contribution in [0.25, 0.3) is 0 Å². The van der Waals surface area contributed by atoms with Gasteiger partial charge in [-0.1, -0.05) is 32.0 Å². The molecular weight excluding hydrogens is 363 g/mol. The quantitative estimate of drug-likeness (QED) is 0.826. The maximum atomic E-state index is 14.1. The molecule has 0 aliphatic carbocycles. The van der Waals surface area contributed by atoms with E-state index in [0.717, 1.165) is 11.6 Å². The highest BCUT2D eigenvalue weighted by Crippen LogP contribution is 2.33. The molecule has 2 aromatic rings. The molecule has 2 amide bonds. The van der Waals surface area contributed by atoms with Crippen LogP contribution >= 0.6 is 0 Å². The number of amides is 2. The van der Waals surface area contributed by atoms with Crippen LogP contribution in [-0.4, -0.2) is 37.0 Å². The number of halogens is 1. The van der Waals surface area contributed by atoms with Crippen molar-refractivity contribution in [1.82, 2.24) is 4.90 Å². The second-order valence-corrected chi connectivity index (χ2v) is 6.96. The Morgan fingerprint density at radius 3 is 2.43 bits per heavy atom. The molecule has 7 heteroatoms. The highest BCUT2D eigenvalue weighted by atomic mass is 19.1. The summed E-state index contributed by atoms with van der Waals surface area (Å²) in [5.41, 5.74) is 1.67. The summed E-state index contributed by atoms with van der Waals surface area (Å²) >= 11 is 0. The third kappa shape index (κ3) is 3.52. The first-order valence-electron chi connectivity index (χ1n) is 8.98. The molecule has 0 radical (unpaired) electrons. The Morgan fingerprint density at radius 1 is 1.14 bits per heavy atom. The van der Waals surface area contributed by atoms with Gasteiger partial charge in [-0.25, -0.2) is 4.39 Å². The first kappa shape index (κ1) is 19.7. The van der Waals surface area contributed by atoms with Crippen molar-refractivity contribution in [2.45, 2.75) is 26.4 Å². The molecule has 0 spiro atoms. The average molecular weight is 386 g/mol. The monoisotopic (exact) mass is 386 g/mol. The van der Waals surface area contributed by atoms with E-state index >= 15 is 0 Å². The molecule has 2 aromatic carbocycles. The standard InChI is InChI=1S/C21H23FN2O4/c1-12(2)19(24-11-13-7-5-6-8-14(13)21(24)26)20(25)23-16-9-15(22)17(27-3)10-18(16)28-4/h5-10,12,19H,11H2,1-4H3,(H,23,25)/t19-/m1/s1. The van der Waals surface area contributed by atoms with Gasteiger partial charge in [0.2, 0.25) is 5.91 Å². The lowest BCUT2D eigenvalue weighted by Crippen LogP contribution is -2.47. The molecular formula is C21H23FN2O4. The fourth-order valence-corrected chi connectivity index (χ4v) is 3.47. The lowest BCUT2D eigenvalue weighted by molar-refractivity contribution is -0.122. The van der Waals surface area contributed by atoms with Crippen LogP contribution in [0.4, 0.5) is 10.1 Å². The van der Waals surface area contributed by atoms with Crippen molar-refractivity contribution in [2.75, 3.05) is 19.5 Å². The summed E-state index contributed by atoms with van der Waals surface area (Å²) in [6.07, 6.45) is 0. The van der Waals surface area contributed by atoms with Crippen molar-refractivity contribution in [3.63, 3.8) is 0 Å². The topological polar surface area (TPSA) is 67.9 Å². The zero-order valence-electron chi connectivity index (χ0n) is 16.3. The number of benzene rings is 2. The Hall–Kier alpha value is -3.09. The molecule has 0 bridgehead atoms. The number of fused-ring (bicyclic) bond motifs is 1. The molecule has 1 atom stereocenters. The molecule has 0 unspecified atom stereocenters. The van der Waals surface area contributed by atoms with Gasteiger partial charge in [0.05, 0.1) is 19.9 Å². The smallest absolute Gasteiger partial charge is 0.255 e. The van der Waals surface area contributed by atoms with Gasteiger partial charge in [-0.3, -0.25) is 9.59 Å². The molecule has 0 saturated carbocycles. The van der Waals surface area contributed by atoms with Gasteiger partial charge in [-0.2, -0.15) is 0 Å². The van der Waals surface area contributed by atoms with Gasteiger partial charge in [0.25, 0.3) is 5.91 Å².